The third-order valence-corrected chi connectivity index (χ3v) is 4.00. The number of benzene rings is 2. The fourth-order valence-corrected chi connectivity index (χ4v) is 2.40. The predicted octanol–water partition coefficient (Wildman–Crippen LogP) is 4.25. The van der Waals surface area contributed by atoms with Crippen LogP contribution in [0.15, 0.2) is 48.5 Å². The van der Waals surface area contributed by atoms with Crippen LogP contribution < -0.4 is 20.3 Å². The lowest BCUT2D eigenvalue weighted by molar-refractivity contribution is 0.247. The lowest BCUT2D eigenvalue weighted by Crippen LogP contribution is -2.32. The van der Waals surface area contributed by atoms with Crippen molar-refractivity contribution in [1.82, 2.24) is 5.32 Å². The van der Waals surface area contributed by atoms with Gasteiger partial charge < -0.3 is 20.3 Å². The molecule has 0 spiro atoms. The molecular formula is C21H29N3O2. The minimum atomic E-state index is -0.241. The monoisotopic (exact) mass is 355 g/mol. The highest BCUT2D eigenvalue weighted by Gasteiger charge is 2.13. The molecule has 2 aromatic carbocycles. The van der Waals surface area contributed by atoms with Crippen molar-refractivity contribution in [3.63, 3.8) is 0 Å². The number of carbonyl (C=O) groups excluding carboxylic acids is 1. The van der Waals surface area contributed by atoms with Crippen LogP contribution in [0.4, 0.5) is 16.2 Å². The Hall–Kier alpha value is -2.69. The van der Waals surface area contributed by atoms with Crippen molar-refractivity contribution in [3.8, 4) is 5.75 Å². The quantitative estimate of drug-likeness (QED) is 0.762. The van der Waals surface area contributed by atoms with Crippen molar-refractivity contribution >= 4 is 17.4 Å². The lowest BCUT2D eigenvalue weighted by atomic mass is 9.87. The van der Waals surface area contributed by atoms with Gasteiger partial charge in [0.15, 0.2) is 0 Å². The number of nitrogens with one attached hydrogen (secondary N) is 2. The van der Waals surface area contributed by atoms with Gasteiger partial charge in [-0.25, -0.2) is 4.79 Å². The molecule has 0 saturated heterocycles. The number of hydrogen-bond acceptors (Lipinski definition) is 3. The summed E-state index contributed by atoms with van der Waals surface area (Å²) in [6.45, 7) is 7.36. The van der Waals surface area contributed by atoms with Crippen LogP contribution in [0.5, 0.6) is 5.75 Å². The molecule has 0 aromatic heterocycles. The molecule has 0 heterocycles. The molecule has 0 aliphatic heterocycles. The molecule has 2 amide bonds. The molecule has 5 nitrogen and oxygen atoms in total. The van der Waals surface area contributed by atoms with Crippen LogP contribution in [-0.2, 0) is 5.41 Å². The summed E-state index contributed by atoms with van der Waals surface area (Å²) in [5.41, 5.74) is 3.15. The van der Waals surface area contributed by atoms with Crippen molar-refractivity contribution in [2.75, 3.05) is 37.5 Å². The van der Waals surface area contributed by atoms with Gasteiger partial charge in [-0.3, -0.25) is 0 Å². The number of urea groups is 1. The molecular weight excluding hydrogens is 326 g/mol. The molecule has 0 aliphatic rings. The van der Waals surface area contributed by atoms with Gasteiger partial charge in [0.2, 0.25) is 0 Å². The molecule has 0 fully saturated rings. The lowest BCUT2D eigenvalue weighted by Gasteiger charge is -2.19. The number of anilines is 2. The second-order valence-electron chi connectivity index (χ2n) is 7.45. The van der Waals surface area contributed by atoms with Gasteiger partial charge in [-0.05, 0) is 47.4 Å². The molecule has 5 heteroatoms. The molecule has 0 saturated carbocycles. The summed E-state index contributed by atoms with van der Waals surface area (Å²) in [7, 11) is 3.96. The first kappa shape index (κ1) is 19.6. The fourth-order valence-electron chi connectivity index (χ4n) is 2.40. The summed E-state index contributed by atoms with van der Waals surface area (Å²) in [4.78, 5) is 13.9. The average molecular weight is 355 g/mol. The van der Waals surface area contributed by atoms with Crippen molar-refractivity contribution in [3.05, 3.63) is 54.1 Å². The number of ether oxygens (including phenoxy) is 1. The number of nitrogens with zero attached hydrogens (tertiary/aromatic N) is 1. The minimum absolute atomic E-state index is 0.0830. The Kier molecular flexibility index (Phi) is 6.50. The van der Waals surface area contributed by atoms with E-state index in [1.54, 1.807) is 0 Å². The Morgan fingerprint density at radius 3 is 2.38 bits per heavy atom. The Bertz CT molecular complexity index is 719. The SMILES string of the molecule is CN(C)c1ccc(NC(=O)NCCOc2cccc(C(C)(C)C)c2)cc1. The van der Waals surface area contributed by atoms with Gasteiger partial charge >= 0.3 is 6.03 Å². The van der Waals surface area contributed by atoms with E-state index in [0.717, 1.165) is 17.1 Å². The first-order valence-corrected chi connectivity index (χ1v) is 8.81. The maximum absolute atomic E-state index is 11.9. The van der Waals surface area contributed by atoms with Crippen LogP contribution >= 0.6 is 0 Å². The summed E-state index contributed by atoms with van der Waals surface area (Å²) in [6.07, 6.45) is 0. The van der Waals surface area contributed by atoms with Gasteiger partial charge in [-0.15, -0.1) is 0 Å². The third kappa shape index (κ3) is 5.99. The maximum Gasteiger partial charge on any atom is 0.319 e. The molecule has 0 radical (unpaired) electrons. The first-order valence-electron chi connectivity index (χ1n) is 8.81. The van der Waals surface area contributed by atoms with Crippen LogP contribution in [-0.4, -0.2) is 33.3 Å². The van der Waals surface area contributed by atoms with Crippen LogP contribution in [0, 0.1) is 0 Å². The van der Waals surface area contributed by atoms with E-state index in [-0.39, 0.29) is 11.4 Å². The molecule has 2 rings (SSSR count). The van der Waals surface area contributed by atoms with Gasteiger partial charge in [-0.1, -0.05) is 32.9 Å². The van der Waals surface area contributed by atoms with Crippen LogP contribution in [0.3, 0.4) is 0 Å². The van der Waals surface area contributed by atoms with Crippen molar-refractivity contribution in [2.45, 2.75) is 26.2 Å². The van der Waals surface area contributed by atoms with Crippen LogP contribution in [0.1, 0.15) is 26.3 Å². The van der Waals surface area contributed by atoms with E-state index >= 15 is 0 Å². The summed E-state index contributed by atoms with van der Waals surface area (Å²) >= 11 is 0. The highest BCUT2D eigenvalue weighted by molar-refractivity contribution is 5.89. The second-order valence-corrected chi connectivity index (χ2v) is 7.45. The van der Waals surface area contributed by atoms with E-state index in [1.165, 1.54) is 5.56 Å². The number of rotatable bonds is 6. The van der Waals surface area contributed by atoms with E-state index in [0.29, 0.717) is 13.2 Å². The topological polar surface area (TPSA) is 53.6 Å². The normalized spacial score (nSPS) is 11.0. The van der Waals surface area contributed by atoms with Crippen LogP contribution in [0.25, 0.3) is 0 Å². The molecule has 0 atom stereocenters. The molecule has 0 bridgehead atoms. The maximum atomic E-state index is 11.9. The summed E-state index contributed by atoms with van der Waals surface area (Å²) in [5, 5.41) is 5.61. The number of amides is 2. The molecule has 0 unspecified atom stereocenters. The Morgan fingerprint density at radius 1 is 1.08 bits per heavy atom. The van der Waals surface area contributed by atoms with Gasteiger partial charge in [0.05, 0.1) is 6.54 Å². The third-order valence-electron chi connectivity index (χ3n) is 4.00. The molecule has 0 aliphatic carbocycles. The van der Waals surface area contributed by atoms with Gasteiger partial charge in [0.1, 0.15) is 12.4 Å². The highest BCUT2D eigenvalue weighted by Crippen LogP contribution is 2.25. The number of carbonyl (C=O) groups is 1. The second kappa shape index (κ2) is 8.61. The van der Waals surface area contributed by atoms with E-state index in [9.17, 15) is 4.79 Å². The summed E-state index contributed by atoms with van der Waals surface area (Å²) in [6, 6.07) is 15.5. The minimum Gasteiger partial charge on any atom is -0.492 e. The molecule has 26 heavy (non-hydrogen) atoms. The predicted molar refractivity (Wildman–Crippen MR) is 108 cm³/mol. The van der Waals surface area contributed by atoms with Gasteiger partial charge in [0, 0.05) is 25.5 Å². The smallest absolute Gasteiger partial charge is 0.319 e. The highest BCUT2D eigenvalue weighted by atomic mass is 16.5. The van der Waals surface area contributed by atoms with E-state index in [4.69, 9.17) is 4.74 Å². The molecule has 2 N–H and O–H groups in total. The van der Waals surface area contributed by atoms with Crippen LogP contribution in [0.2, 0.25) is 0 Å². The zero-order valence-electron chi connectivity index (χ0n) is 16.3. The Balaban J connectivity index is 1.75. The van der Waals surface area contributed by atoms with E-state index < -0.39 is 0 Å². The largest absolute Gasteiger partial charge is 0.492 e. The van der Waals surface area contributed by atoms with Crippen molar-refractivity contribution in [2.24, 2.45) is 0 Å². The standard InChI is InChI=1S/C21H29N3O2/c1-21(2,3)16-7-6-8-19(15-16)26-14-13-22-20(25)23-17-9-11-18(12-10-17)24(4)5/h6-12,15H,13-14H2,1-5H3,(H2,22,23,25). The van der Waals surface area contributed by atoms with Gasteiger partial charge in [0.25, 0.3) is 0 Å². The molecule has 2 aromatic rings. The summed E-state index contributed by atoms with van der Waals surface area (Å²) < 4.78 is 5.74. The van der Waals surface area contributed by atoms with E-state index in [2.05, 4.69) is 37.5 Å². The van der Waals surface area contributed by atoms with Crippen molar-refractivity contribution < 1.29 is 9.53 Å². The Labute approximate surface area is 156 Å². The zero-order valence-corrected chi connectivity index (χ0v) is 16.3. The fraction of sp³-hybridized carbons (Fsp3) is 0.381. The Morgan fingerprint density at radius 2 is 1.77 bits per heavy atom. The summed E-state index contributed by atoms with van der Waals surface area (Å²) in [5.74, 6) is 0.818. The van der Waals surface area contributed by atoms with E-state index in [1.807, 2.05) is 61.5 Å². The number of hydrogen-bond donors (Lipinski definition) is 2. The molecule has 140 valence electrons. The average Bonchev–Trinajstić information content (AvgIpc) is 2.59. The first-order chi connectivity index (χ1) is 12.3. The zero-order chi connectivity index (χ0) is 19.2. The van der Waals surface area contributed by atoms with Gasteiger partial charge in [-0.2, -0.15) is 0 Å². The van der Waals surface area contributed by atoms with Crippen molar-refractivity contribution in [1.29, 1.82) is 0 Å².